The van der Waals surface area contributed by atoms with E-state index in [1.807, 2.05) is 0 Å². The molecule has 2 fully saturated rings. The maximum absolute atomic E-state index is 12.0. The molecule has 16 heavy (non-hydrogen) atoms. The molecule has 4 heteroatoms. The van der Waals surface area contributed by atoms with E-state index in [9.17, 15) is 9.59 Å². The van der Waals surface area contributed by atoms with Gasteiger partial charge in [-0.3, -0.25) is 14.5 Å². The lowest BCUT2D eigenvalue weighted by Gasteiger charge is -2.15. The van der Waals surface area contributed by atoms with Crippen LogP contribution in [0, 0.1) is 11.8 Å². The van der Waals surface area contributed by atoms with Crippen molar-refractivity contribution < 1.29 is 9.59 Å². The van der Waals surface area contributed by atoms with E-state index in [4.69, 9.17) is 0 Å². The van der Waals surface area contributed by atoms with Crippen molar-refractivity contribution in [2.45, 2.75) is 38.5 Å². The van der Waals surface area contributed by atoms with E-state index in [1.165, 1.54) is 4.90 Å². The Morgan fingerprint density at radius 2 is 1.69 bits per heavy atom. The van der Waals surface area contributed by atoms with Crippen LogP contribution in [0.5, 0.6) is 0 Å². The molecule has 2 aliphatic rings. The molecule has 0 spiro atoms. The quantitative estimate of drug-likeness (QED) is 0.453. The lowest BCUT2D eigenvalue weighted by atomic mass is 10.00. The van der Waals surface area contributed by atoms with E-state index < -0.39 is 0 Å². The average molecular weight is 241 g/mol. The molecule has 0 aromatic rings. The highest BCUT2D eigenvalue weighted by Gasteiger charge is 2.49. The monoisotopic (exact) mass is 241 g/mol. The lowest BCUT2D eigenvalue weighted by molar-refractivity contribution is -0.140. The third kappa shape index (κ3) is 2.12. The molecule has 1 saturated heterocycles. The topological polar surface area (TPSA) is 37.4 Å². The second kappa shape index (κ2) is 5.21. The molecule has 1 heterocycles. The number of rotatable bonds is 5. The molecule has 0 bridgehead atoms. The Labute approximate surface area is 102 Å². The predicted octanol–water partition coefficient (Wildman–Crippen LogP) is 1.87. The fraction of sp³-hybridized carbons (Fsp3) is 0.833. The van der Waals surface area contributed by atoms with Crippen molar-refractivity contribution in [3.8, 4) is 0 Å². The van der Waals surface area contributed by atoms with Crippen molar-refractivity contribution in [2.75, 3.05) is 12.3 Å². The van der Waals surface area contributed by atoms with Gasteiger partial charge in [0, 0.05) is 6.54 Å². The lowest BCUT2D eigenvalue weighted by Crippen LogP contribution is -2.32. The summed E-state index contributed by atoms with van der Waals surface area (Å²) >= 11 is 4.14. The Balaban J connectivity index is 1.86. The number of carbonyl (C=O) groups is 2. The van der Waals surface area contributed by atoms with Gasteiger partial charge < -0.3 is 0 Å². The number of fused-ring (bicyclic) bond motifs is 1. The maximum Gasteiger partial charge on any atom is 0.233 e. The van der Waals surface area contributed by atoms with Gasteiger partial charge in [0.15, 0.2) is 0 Å². The number of nitrogens with zero attached hydrogens (tertiary/aromatic N) is 1. The van der Waals surface area contributed by atoms with Gasteiger partial charge in [-0.15, -0.1) is 0 Å². The zero-order chi connectivity index (χ0) is 11.5. The highest BCUT2D eigenvalue weighted by Crippen LogP contribution is 2.39. The zero-order valence-electron chi connectivity index (χ0n) is 9.52. The molecule has 0 radical (unpaired) electrons. The summed E-state index contributed by atoms with van der Waals surface area (Å²) in [5, 5.41) is 0. The summed E-state index contributed by atoms with van der Waals surface area (Å²) in [5.41, 5.74) is 0. The Hall–Kier alpha value is -0.510. The van der Waals surface area contributed by atoms with Crippen LogP contribution in [0.4, 0.5) is 0 Å². The summed E-state index contributed by atoms with van der Waals surface area (Å²) < 4.78 is 0. The molecule has 2 rings (SSSR count). The van der Waals surface area contributed by atoms with Crippen LogP contribution >= 0.6 is 12.6 Å². The van der Waals surface area contributed by atoms with Gasteiger partial charge in [-0.05, 0) is 31.4 Å². The molecule has 0 aromatic heterocycles. The fourth-order valence-electron chi connectivity index (χ4n) is 2.84. The summed E-state index contributed by atoms with van der Waals surface area (Å²) in [5.74, 6) is 1.12. The molecule has 1 aliphatic carbocycles. The minimum absolute atomic E-state index is 0.0254. The highest BCUT2D eigenvalue weighted by atomic mass is 32.1. The van der Waals surface area contributed by atoms with Crippen LogP contribution in [0.1, 0.15) is 38.5 Å². The summed E-state index contributed by atoms with van der Waals surface area (Å²) in [6, 6.07) is 0. The van der Waals surface area contributed by atoms with Gasteiger partial charge in [0.1, 0.15) is 0 Å². The van der Waals surface area contributed by atoms with Crippen LogP contribution < -0.4 is 0 Å². The zero-order valence-corrected chi connectivity index (χ0v) is 10.4. The molecule has 0 N–H and O–H groups in total. The van der Waals surface area contributed by atoms with Crippen molar-refractivity contribution in [1.29, 1.82) is 0 Å². The average Bonchev–Trinajstić information content (AvgIpc) is 2.83. The third-order valence-electron chi connectivity index (χ3n) is 3.72. The van der Waals surface area contributed by atoms with Crippen LogP contribution in [-0.4, -0.2) is 29.0 Å². The molecule has 0 aromatic carbocycles. The molecule has 3 nitrogen and oxygen atoms in total. The highest BCUT2D eigenvalue weighted by molar-refractivity contribution is 7.80. The number of thiol groups is 1. The van der Waals surface area contributed by atoms with Crippen LogP contribution in [0.15, 0.2) is 0 Å². The van der Waals surface area contributed by atoms with Gasteiger partial charge in [-0.25, -0.2) is 0 Å². The number of hydrogen-bond donors (Lipinski definition) is 1. The minimum atomic E-state index is 0.0254. The SMILES string of the molecule is O=C1C2CCCC2C(=O)N1CCCCCS. The number of likely N-dealkylation sites (tertiary alicyclic amines) is 1. The van der Waals surface area contributed by atoms with E-state index in [0.717, 1.165) is 44.3 Å². The Morgan fingerprint density at radius 3 is 2.25 bits per heavy atom. The molecule has 2 unspecified atom stereocenters. The minimum Gasteiger partial charge on any atom is -0.282 e. The standard InChI is InChI=1S/C12H19NO2S/c14-11-9-5-4-6-10(9)12(15)13(11)7-2-1-3-8-16/h9-10,16H,1-8H2. The summed E-state index contributed by atoms with van der Waals surface area (Å²) in [6.45, 7) is 0.623. The number of carbonyl (C=O) groups excluding carboxylic acids is 2. The fourth-order valence-corrected chi connectivity index (χ4v) is 3.06. The molecular weight excluding hydrogens is 222 g/mol. The molecule has 2 atom stereocenters. The van der Waals surface area contributed by atoms with Gasteiger partial charge in [0.25, 0.3) is 0 Å². The van der Waals surface area contributed by atoms with Crippen LogP contribution in [0.3, 0.4) is 0 Å². The van der Waals surface area contributed by atoms with E-state index in [2.05, 4.69) is 12.6 Å². The van der Waals surface area contributed by atoms with E-state index in [0.29, 0.717) is 6.54 Å². The van der Waals surface area contributed by atoms with Gasteiger partial charge in [0.05, 0.1) is 11.8 Å². The smallest absolute Gasteiger partial charge is 0.233 e. The predicted molar refractivity (Wildman–Crippen MR) is 65.3 cm³/mol. The summed E-state index contributed by atoms with van der Waals surface area (Å²) in [4.78, 5) is 25.4. The van der Waals surface area contributed by atoms with Crippen molar-refractivity contribution in [3.63, 3.8) is 0 Å². The number of imide groups is 1. The first-order valence-electron chi connectivity index (χ1n) is 6.22. The van der Waals surface area contributed by atoms with Crippen molar-refractivity contribution in [2.24, 2.45) is 11.8 Å². The van der Waals surface area contributed by atoms with Gasteiger partial charge in [0.2, 0.25) is 11.8 Å². The van der Waals surface area contributed by atoms with Gasteiger partial charge in [-0.2, -0.15) is 12.6 Å². The first-order chi connectivity index (χ1) is 7.75. The summed E-state index contributed by atoms with van der Waals surface area (Å²) in [6.07, 6.45) is 5.92. The molecule has 1 aliphatic heterocycles. The van der Waals surface area contributed by atoms with Crippen LogP contribution in [0.2, 0.25) is 0 Å². The largest absolute Gasteiger partial charge is 0.282 e. The number of unbranched alkanes of at least 4 members (excludes halogenated alkanes) is 2. The van der Waals surface area contributed by atoms with Crippen LogP contribution in [0.25, 0.3) is 0 Å². The molecule has 2 amide bonds. The third-order valence-corrected chi connectivity index (χ3v) is 4.04. The second-order valence-electron chi connectivity index (χ2n) is 4.76. The Morgan fingerprint density at radius 1 is 1.06 bits per heavy atom. The molecular formula is C12H19NO2S. The van der Waals surface area contributed by atoms with Crippen molar-refractivity contribution in [1.82, 2.24) is 4.90 Å². The molecule has 90 valence electrons. The number of hydrogen-bond acceptors (Lipinski definition) is 3. The normalized spacial score (nSPS) is 28.9. The maximum atomic E-state index is 12.0. The van der Waals surface area contributed by atoms with E-state index >= 15 is 0 Å². The van der Waals surface area contributed by atoms with Gasteiger partial charge in [-0.1, -0.05) is 12.8 Å². The Kier molecular flexibility index (Phi) is 3.90. The van der Waals surface area contributed by atoms with E-state index in [-0.39, 0.29) is 23.7 Å². The first-order valence-corrected chi connectivity index (χ1v) is 6.85. The van der Waals surface area contributed by atoms with Gasteiger partial charge >= 0.3 is 0 Å². The Bertz CT molecular complexity index is 271. The van der Waals surface area contributed by atoms with Crippen molar-refractivity contribution in [3.05, 3.63) is 0 Å². The summed E-state index contributed by atoms with van der Waals surface area (Å²) in [7, 11) is 0. The van der Waals surface area contributed by atoms with Crippen LogP contribution in [-0.2, 0) is 9.59 Å². The second-order valence-corrected chi connectivity index (χ2v) is 5.20. The number of amides is 2. The first kappa shape index (κ1) is 12.0. The molecule has 1 saturated carbocycles. The van der Waals surface area contributed by atoms with E-state index in [1.54, 1.807) is 0 Å². The van der Waals surface area contributed by atoms with Crippen molar-refractivity contribution >= 4 is 24.4 Å².